The van der Waals surface area contributed by atoms with Gasteiger partial charge in [-0.25, -0.2) is 4.98 Å². The molecule has 1 N–H and O–H groups in total. The highest BCUT2D eigenvalue weighted by atomic mass is 32.1. The van der Waals surface area contributed by atoms with Crippen molar-refractivity contribution in [2.45, 2.75) is 44.6 Å². The standard InChI is InChI=1S/C14H24N4OS/c1-12-15-13(20-16-12)18-9-7-17(8-10-18)11-14(19)5-3-2-4-6-14/h19H,2-11H2,1H3. The summed E-state index contributed by atoms with van der Waals surface area (Å²) >= 11 is 1.49. The average Bonchev–Trinajstić information content (AvgIpc) is 2.87. The number of piperazine rings is 1. The zero-order chi connectivity index (χ0) is 14.0. The van der Waals surface area contributed by atoms with Crippen molar-refractivity contribution in [2.24, 2.45) is 0 Å². The predicted molar refractivity (Wildman–Crippen MR) is 81.3 cm³/mol. The lowest BCUT2D eigenvalue weighted by atomic mass is 9.84. The lowest BCUT2D eigenvalue weighted by molar-refractivity contribution is -0.0271. The minimum Gasteiger partial charge on any atom is -0.389 e. The van der Waals surface area contributed by atoms with Crippen LogP contribution in [0.15, 0.2) is 0 Å². The Kier molecular flexibility index (Phi) is 4.23. The summed E-state index contributed by atoms with van der Waals surface area (Å²) in [6, 6.07) is 0. The third kappa shape index (κ3) is 3.30. The van der Waals surface area contributed by atoms with E-state index in [4.69, 9.17) is 0 Å². The topological polar surface area (TPSA) is 52.5 Å². The Morgan fingerprint density at radius 3 is 2.45 bits per heavy atom. The van der Waals surface area contributed by atoms with Crippen LogP contribution in [0.1, 0.15) is 37.9 Å². The van der Waals surface area contributed by atoms with Crippen LogP contribution in [-0.4, -0.2) is 57.7 Å². The zero-order valence-electron chi connectivity index (χ0n) is 12.2. The maximum absolute atomic E-state index is 10.6. The zero-order valence-corrected chi connectivity index (χ0v) is 13.0. The number of rotatable bonds is 3. The minimum absolute atomic E-state index is 0.431. The first-order chi connectivity index (χ1) is 9.65. The Hall–Kier alpha value is -0.720. The number of aryl methyl sites for hydroxylation is 1. The minimum atomic E-state index is -0.431. The summed E-state index contributed by atoms with van der Waals surface area (Å²) in [6.45, 7) is 6.79. The van der Waals surface area contributed by atoms with Gasteiger partial charge in [0.15, 0.2) is 0 Å². The van der Waals surface area contributed by atoms with Crippen molar-refractivity contribution >= 4 is 16.7 Å². The number of hydrogen-bond donors (Lipinski definition) is 1. The molecule has 0 radical (unpaired) electrons. The summed E-state index contributed by atoms with van der Waals surface area (Å²) in [4.78, 5) is 9.18. The lowest BCUT2D eigenvalue weighted by Crippen LogP contribution is -2.52. The van der Waals surface area contributed by atoms with Crippen LogP contribution in [0.3, 0.4) is 0 Å². The number of hydrogen-bond acceptors (Lipinski definition) is 6. The van der Waals surface area contributed by atoms with Crippen molar-refractivity contribution in [2.75, 3.05) is 37.6 Å². The van der Waals surface area contributed by atoms with Crippen LogP contribution < -0.4 is 4.90 Å². The van der Waals surface area contributed by atoms with Crippen molar-refractivity contribution in [3.05, 3.63) is 5.82 Å². The quantitative estimate of drug-likeness (QED) is 0.919. The van der Waals surface area contributed by atoms with Gasteiger partial charge in [0, 0.05) is 44.3 Å². The Bertz CT molecular complexity index is 436. The molecule has 6 heteroatoms. The molecule has 1 aromatic heterocycles. The molecule has 1 aromatic rings. The van der Waals surface area contributed by atoms with Crippen LogP contribution in [0.25, 0.3) is 0 Å². The molecule has 1 saturated carbocycles. The lowest BCUT2D eigenvalue weighted by Gasteiger charge is -2.40. The van der Waals surface area contributed by atoms with E-state index in [1.54, 1.807) is 0 Å². The van der Waals surface area contributed by atoms with Gasteiger partial charge in [0.2, 0.25) is 5.13 Å². The van der Waals surface area contributed by atoms with Crippen molar-refractivity contribution < 1.29 is 5.11 Å². The molecular formula is C14H24N4OS. The third-order valence-electron chi connectivity index (χ3n) is 4.46. The Morgan fingerprint density at radius 2 is 1.85 bits per heavy atom. The maximum atomic E-state index is 10.6. The summed E-state index contributed by atoms with van der Waals surface area (Å²) < 4.78 is 4.25. The first-order valence-corrected chi connectivity index (χ1v) is 8.42. The molecule has 1 aliphatic carbocycles. The summed E-state index contributed by atoms with van der Waals surface area (Å²) in [5.41, 5.74) is -0.431. The smallest absolute Gasteiger partial charge is 0.205 e. The molecule has 1 aliphatic heterocycles. The van der Waals surface area contributed by atoms with Crippen molar-refractivity contribution in [1.82, 2.24) is 14.3 Å². The van der Waals surface area contributed by atoms with Gasteiger partial charge in [0.05, 0.1) is 5.60 Å². The molecule has 20 heavy (non-hydrogen) atoms. The van der Waals surface area contributed by atoms with Crippen LogP contribution in [0.5, 0.6) is 0 Å². The summed E-state index contributed by atoms with van der Waals surface area (Å²) in [5.74, 6) is 0.865. The maximum Gasteiger partial charge on any atom is 0.205 e. The van der Waals surface area contributed by atoms with Gasteiger partial charge >= 0.3 is 0 Å². The van der Waals surface area contributed by atoms with Gasteiger partial charge in [-0.3, -0.25) is 4.90 Å². The normalized spacial score (nSPS) is 24.0. The van der Waals surface area contributed by atoms with Gasteiger partial charge in [0.1, 0.15) is 5.82 Å². The second kappa shape index (κ2) is 5.95. The Balaban J connectivity index is 1.51. The largest absolute Gasteiger partial charge is 0.389 e. The first kappa shape index (κ1) is 14.2. The molecule has 0 atom stereocenters. The first-order valence-electron chi connectivity index (χ1n) is 7.65. The number of aromatic nitrogens is 2. The van der Waals surface area contributed by atoms with E-state index < -0.39 is 5.60 Å². The highest BCUT2D eigenvalue weighted by molar-refractivity contribution is 7.09. The molecule has 0 bridgehead atoms. The second-order valence-electron chi connectivity index (χ2n) is 6.17. The van der Waals surface area contributed by atoms with Crippen LogP contribution in [0.2, 0.25) is 0 Å². The number of aliphatic hydroxyl groups is 1. The molecule has 2 heterocycles. The number of anilines is 1. The molecular weight excluding hydrogens is 272 g/mol. The third-order valence-corrected chi connectivity index (χ3v) is 5.33. The van der Waals surface area contributed by atoms with E-state index in [0.717, 1.165) is 56.5 Å². The molecule has 112 valence electrons. The molecule has 0 spiro atoms. The van der Waals surface area contributed by atoms with Crippen LogP contribution >= 0.6 is 11.5 Å². The van der Waals surface area contributed by atoms with Crippen molar-refractivity contribution in [1.29, 1.82) is 0 Å². The molecule has 0 aromatic carbocycles. The van der Waals surface area contributed by atoms with Crippen LogP contribution in [0, 0.1) is 6.92 Å². The average molecular weight is 296 g/mol. The molecule has 3 rings (SSSR count). The number of β-amino-alcohol motifs (C(OH)–C–C–N with tert-alkyl or cyclic N) is 1. The Morgan fingerprint density at radius 1 is 1.15 bits per heavy atom. The monoisotopic (exact) mass is 296 g/mol. The van der Waals surface area contributed by atoms with Gasteiger partial charge in [0.25, 0.3) is 0 Å². The number of nitrogens with zero attached hydrogens (tertiary/aromatic N) is 4. The Labute approximate surface area is 124 Å². The van der Waals surface area contributed by atoms with Gasteiger partial charge in [-0.15, -0.1) is 0 Å². The van der Waals surface area contributed by atoms with E-state index in [0.29, 0.717) is 0 Å². The van der Waals surface area contributed by atoms with Gasteiger partial charge in [-0.2, -0.15) is 4.37 Å². The highest BCUT2D eigenvalue weighted by Gasteiger charge is 2.32. The SMILES string of the molecule is Cc1nsc(N2CCN(CC3(O)CCCCC3)CC2)n1. The summed E-state index contributed by atoms with van der Waals surface area (Å²) in [6.07, 6.45) is 5.60. The van der Waals surface area contributed by atoms with E-state index in [2.05, 4.69) is 19.2 Å². The van der Waals surface area contributed by atoms with Crippen LogP contribution in [-0.2, 0) is 0 Å². The van der Waals surface area contributed by atoms with E-state index in [-0.39, 0.29) is 0 Å². The molecule has 2 fully saturated rings. The van der Waals surface area contributed by atoms with E-state index in [9.17, 15) is 5.11 Å². The van der Waals surface area contributed by atoms with E-state index in [1.807, 2.05) is 6.92 Å². The van der Waals surface area contributed by atoms with Gasteiger partial charge in [-0.05, 0) is 19.8 Å². The van der Waals surface area contributed by atoms with Gasteiger partial charge < -0.3 is 10.0 Å². The molecule has 2 aliphatic rings. The molecule has 5 nitrogen and oxygen atoms in total. The summed E-state index contributed by atoms with van der Waals surface area (Å²) in [5, 5.41) is 11.7. The fourth-order valence-corrected chi connectivity index (χ4v) is 4.02. The second-order valence-corrected chi connectivity index (χ2v) is 6.90. The molecule has 0 unspecified atom stereocenters. The predicted octanol–water partition coefficient (Wildman–Crippen LogP) is 1.66. The van der Waals surface area contributed by atoms with Crippen molar-refractivity contribution in [3.63, 3.8) is 0 Å². The highest BCUT2D eigenvalue weighted by Crippen LogP contribution is 2.29. The fourth-order valence-electron chi connectivity index (χ4n) is 3.30. The molecule has 0 amide bonds. The molecule has 1 saturated heterocycles. The van der Waals surface area contributed by atoms with Gasteiger partial charge in [-0.1, -0.05) is 19.3 Å². The van der Waals surface area contributed by atoms with E-state index in [1.165, 1.54) is 30.8 Å². The van der Waals surface area contributed by atoms with Crippen LogP contribution in [0.4, 0.5) is 5.13 Å². The van der Waals surface area contributed by atoms with E-state index >= 15 is 0 Å². The fraction of sp³-hybridized carbons (Fsp3) is 0.857. The summed E-state index contributed by atoms with van der Waals surface area (Å²) in [7, 11) is 0. The van der Waals surface area contributed by atoms with Crippen molar-refractivity contribution in [3.8, 4) is 0 Å².